The number of imidazole rings is 1. The standard InChI is InChI=1S/C14H17N3O5S/c18-14(19)4-3-13-15-11-2-1-10(9-12(11)16-13)23(20,21)17-5-7-22-8-6-17/h1-2,9H,3-8H2,(H,15,16)(H,18,19)/p-1. The molecule has 3 rings (SSSR count). The quantitative estimate of drug-likeness (QED) is 0.768. The summed E-state index contributed by atoms with van der Waals surface area (Å²) in [6.45, 7) is 1.44. The van der Waals surface area contributed by atoms with Gasteiger partial charge in [0.1, 0.15) is 5.82 Å². The van der Waals surface area contributed by atoms with Gasteiger partial charge in [-0.3, -0.25) is 0 Å². The third-order valence-corrected chi connectivity index (χ3v) is 5.57. The maximum atomic E-state index is 12.6. The molecule has 0 unspecified atom stereocenters. The number of aryl methyl sites for hydroxylation is 1. The summed E-state index contributed by atoms with van der Waals surface area (Å²) in [7, 11) is -3.57. The van der Waals surface area contributed by atoms with Gasteiger partial charge in [-0.25, -0.2) is 13.4 Å². The monoisotopic (exact) mass is 338 g/mol. The van der Waals surface area contributed by atoms with Crippen molar-refractivity contribution >= 4 is 27.0 Å². The van der Waals surface area contributed by atoms with E-state index >= 15 is 0 Å². The van der Waals surface area contributed by atoms with Gasteiger partial charge in [0, 0.05) is 25.5 Å². The molecule has 8 nitrogen and oxygen atoms in total. The molecule has 1 aromatic carbocycles. The molecule has 1 aliphatic rings. The van der Waals surface area contributed by atoms with Gasteiger partial charge < -0.3 is 19.6 Å². The number of H-pyrrole nitrogens is 1. The maximum absolute atomic E-state index is 12.6. The number of carboxylic acid groups (broad SMARTS) is 1. The Balaban J connectivity index is 1.88. The molecule has 124 valence electrons. The van der Waals surface area contributed by atoms with Crippen LogP contribution in [0.25, 0.3) is 11.0 Å². The number of carboxylic acids is 1. The van der Waals surface area contributed by atoms with Crippen LogP contribution in [0.2, 0.25) is 0 Å². The van der Waals surface area contributed by atoms with Gasteiger partial charge in [0.15, 0.2) is 0 Å². The summed E-state index contributed by atoms with van der Waals surface area (Å²) in [6.07, 6.45) is 0.0707. The van der Waals surface area contributed by atoms with Gasteiger partial charge in [0.2, 0.25) is 10.0 Å². The number of nitrogens with zero attached hydrogens (tertiary/aromatic N) is 2. The number of carbonyl (C=O) groups is 1. The minimum atomic E-state index is -3.57. The molecule has 0 saturated carbocycles. The molecule has 9 heteroatoms. The predicted octanol–water partition coefficient (Wildman–Crippen LogP) is -0.734. The molecule has 1 saturated heterocycles. The highest BCUT2D eigenvalue weighted by Crippen LogP contribution is 2.21. The molecular formula is C14H16N3O5S-. The number of sulfonamides is 1. The lowest BCUT2D eigenvalue weighted by atomic mass is 10.3. The molecular weight excluding hydrogens is 322 g/mol. The number of rotatable bonds is 5. The number of aromatic nitrogens is 2. The third-order valence-electron chi connectivity index (χ3n) is 3.68. The van der Waals surface area contributed by atoms with Crippen molar-refractivity contribution in [2.24, 2.45) is 0 Å². The Bertz CT molecular complexity index is 824. The van der Waals surface area contributed by atoms with E-state index in [1.165, 1.54) is 16.4 Å². The number of fused-ring (bicyclic) bond motifs is 1. The minimum absolute atomic E-state index is 0.140. The number of hydrogen-bond donors (Lipinski definition) is 1. The van der Waals surface area contributed by atoms with Crippen molar-refractivity contribution in [1.82, 2.24) is 14.3 Å². The zero-order chi connectivity index (χ0) is 16.4. The number of aromatic amines is 1. The summed E-state index contributed by atoms with van der Waals surface area (Å²) in [5.74, 6) is -0.661. The number of benzene rings is 1. The zero-order valence-corrected chi connectivity index (χ0v) is 13.1. The second-order valence-corrected chi connectivity index (χ2v) is 7.19. The number of morpholine rings is 1. The lowest BCUT2D eigenvalue weighted by Gasteiger charge is -2.25. The molecule has 1 aliphatic heterocycles. The van der Waals surface area contributed by atoms with E-state index in [1.54, 1.807) is 6.07 Å². The third kappa shape index (κ3) is 3.36. The first-order valence-electron chi connectivity index (χ1n) is 7.23. The van der Waals surface area contributed by atoms with Crippen molar-refractivity contribution in [1.29, 1.82) is 0 Å². The first-order chi connectivity index (χ1) is 11.0. The van der Waals surface area contributed by atoms with Gasteiger partial charge in [0.05, 0.1) is 29.1 Å². The van der Waals surface area contributed by atoms with E-state index in [4.69, 9.17) is 4.74 Å². The molecule has 1 aromatic heterocycles. The number of ether oxygens (including phenoxy) is 1. The molecule has 2 aromatic rings. The number of carbonyl (C=O) groups excluding carboxylic acids is 1. The molecule has 1 fully saturated rings. The van der Waals surface area contributed by atoms with Crippen molar-refractivity contribution in [3.05, 3.63) is 24.0 Å². The SMILES string of the molecule is O=C([O-])CCc1nc2ccc(S(=O)(=O)N3CCOCC3)cc2[nH]1. The molecule has 0 bridgehead atoms. The van der Waals surface area contributed by atoms with Crippen molar-refractivity contribution in [2.45, 2.75) is 17.7 Å². The van der Waals surface area contributed by atoms with E-state index in [0.717, 1.165) is 0 Å². The van der Waals surface area contributed by atoms with E-state index in [2.05, 4.69) is 9.97 Å². The number of aliphatic carboxylic acids is 1. The molecule has 1 N–H and O–H groups in total. The van der Waals surface area contributed by atoms with Gasteiger partial charge in [-0.05, 0) is 24.6 Å². The fourth-order valence-electron chi connectivity index (χ4n) is 2.48. The highest BCUT2D eigenvalue weighted by Gasteiger charge is 2.26. The topological polar surface area (TPSA) is 115 Å². The summed E-state index contributed by atoms with van der Waals surface area (Å²) in [5.41, 5.74) is 1.16. The van der Waals surface area contributed by atoms with Crippen LogP contribution in [-0.2, 0) is 26.0 Å². The summed E-state index contributed by atoms with van der Waals surface area (Å²) in [4.78, 5) is 17.9. The fraction of sp³-hybridized carbons (Fsp3) is 0.429. The van der Waals surface area contributed by atoms with Crippen molar-refractivity contribution in [3.8, 4) is 0 Å². The van der Waals surface area contributed by atoms with Gasteiger partial charge in [0.25, 0.3) is 0 Å². The normalized spacial score (nSPS) is 16.7. The Labute approximate surface area is 133 Å². The van der Waals surface area contributed by atoms with E-state index in [-0.39, 0.29) is 17.7 Å². The molecule has 0 amide bonds. The van der Waals surface area contributed by atoms with E-state index in [9.17, 15) is 18.3 Å². The molecule has 0 radical (unpaired) electrons. The van der Waals surface area contributed by atoms with Crippen LogP contribution in [0.3, 0.4) is 0 Å². The van der Waals surface area contributed by atoms with Crippen LogP contribution >= 0.6 is 0 Å². The van der Waals surface area contributed by atoms with Crippen LogP contribution in [0.5, 0.6) is 0 Å². The zero-order valence-electron chi connectivity index (χ0n) is 12.3. The Hall–Kier alpha value is -1.97. The van der Waals surface area contributed by atoms with Crippen molar-refractivity contribution < 1.29 is 23.1 Å². The summed E-state index contributed by atoms with van der Waals surface area (Å²) in [6, 6.07) is 4.65. The smallest absolute Gasteiger partial charge is 0.243 e. The first kappa shape index (κ1) is 15.9. The number of hydrogen-bond acceptors (Lipinski definition) is 6. The van der Waals surface area contributed by atoms with Crippen LogP contribution in [0.1, 0.15) is 12.2 Å². The average Bonchev–Trinajstić information content (AvgIpc) is 2.95. The fourth-order valence-corrected chi connectivity index (χ4v) is 3.91. The van der Waals surface area contributed by atoms with Crippen LogP contribution in [0.4, 0.5) is 0 Å². The maximum Gasteiger partial charge on any atom is 0.243 e. The van der Waals surface area contributed by atoms with E-state index in [0.29, 0.717) is 43.2 Å². The van der Waals surface area contributed by atoms with Gasteiger partial charge in [-0.15, -0.1) is 0 Å². The Morgan fingerprint density at radius 3 is 2.78 bits per heavy atom. The largest absolute Gasteiger partial charge is 0.550 e. The Morgan fingerprint density at radius 1 is 1.35 bits per heavy atom. The highest BCUT2D eigenvalue weighted by atomic mass is 32.2. The lowest BCUT2D eigenvalue weighted by molar-refractivity contribution is -0.305. The van der Waals surface area contributed by atoms with Gasteiger partial charge in [-0.2, -0.15) is 4.31 Å². The first-order valence-corrected chi connectivity index (χ1v) is 8.67. The summed E-state index contributed by atoms with van der Waals surface area (Å²) < 4.78 is 31.8. The van der Waals surface area contributed by atoms with Crippen molar-refractivity contribution in [3.63, 3.8) is 0 Å². The molecule has 0 atom stereocenters. The number of nitrogens with one attached hydrogen (secondary N) is 1. The second kappa shape index (κ2) is 6.26. The molecule has 23 heavy (non-hydrogen) atoms. The van der Waals surface area contributed by atoms with Gasteiger partial charge >= 0.3 is 0 Å². The highest BCUT2D eigenvalue weighted by molar-refractivity contribution is 7.89. The van der Waals surface area contributed by atoms with E-state index < -0.39 is 16.0 Å². The average molecular weight is 338 g/mol. The van der Waals surface area contributed by atoms with Gasteiger partial charge in [-0.1, -0.05) is 0 Å². The Morgan fingerprint density at radius 2 is 2.09 bits per heavy atom. The van der Waals surface area contributed by atoms with E-state index in [1.807, 2.05) is 0 Å². The molecule has 2 heterocycles. The summed E-state index contributed by atoms with van der Waals surface area (Å²) in [5, 5.41) is 10.5. The lowest BCUT2D eigenvalue weighted by Crippen LogP contribution is -2.40. The Kier molecular flexibility index (Phi) is 4.33. The molecule has 0 aliphatic carbocycles. The molecule has 0 spiro atoms. The summed E-state index contributed by atoms with van der Waals surface area (Å²) >= 11 is 0. The van der Waals surface area contributed by atoms with Crippen LogP contribution in [-0.4, -0.2) is 55.0 Å². The minimum Gasteiger partial charge on any atom is -0.550 e. The second-order valence-electron chi connectivity index (χ2n) is 5.25. The van der Waals surface area contributed by atoms with Crippen LogP contribution in [0, 0.1) is 0 Å². The van der Waals surface area contributed by atoms with Crippen molar-refractivity contribution in [2.75, 3.05) is 26.3 Å². The van der Waals surface area contributed by atoms with Crippen LogP contribution in [0.15, 0.2) is 23.1 Å². The van der Waals surface area contributed by atoms with Crippen LogP contribution < -0.4 is 5.11 Å². The predicted molar refractivity (Wildman–Crippen MR) is 79.0 cm³/mol.